The fourth-order valence-electron chi connectivity index (χ4n) is 3.63. The van der Waals surface area contributed by atoms with Gasteiger partial charge in [0.15, 0.2) is 0 Å². The van der Waals surface area contributed by atoms with E-state index in [1.165, 1.54) is 5.56 Å². The van der Waals surface area contributed by atoms with Gasteiger partial charge in [-0.15, -0.1) is 11.8 Å². The lowest BCUT2D eigenvalue weighted by atomic mass is 10.0. The molecule has 0 fully saturated rings. The second-order valence-corrected chi connectivity index (χ2v) is 9.34. The third kappa shape index (κ3) is 8.10. The average molecular weight is 461 g/mol. The molecule has 2 amide bonds. The molecule has 0 saturated heterocycles. The second kappa shape index (κ2) is 12.9. The van der Waals surface area contributed by atoms with Gasteiger partial charge in [0.2, 0.25) is 11.8 Å². The van der Waals surface area contributed by atoms with Crippen LogP contribution < -0.4 is 5.32 Å². The van der Waals surface area contributed by atoms with E-state index in [9.17, 15) is 9.59 Å². The molecule has 0 aliphatic rings. The van der Waals surface area contributed by atoms with E-state index >= 15 is 0 Å². The number of rotatable bonds is 11. The zero-order chi connectivity index (χ0) is 23.5. The predicted molar refractivity (Wildman–Crippen MR) is 137 cm³/mol. The van der Waals surface area contributed by atoms with E-state index in [0.717, 1.165) is 16.9 Å². The zero-order valence-corrected chi connectivity index (χ0v) is 20.1. The van der Waals surface area contributed by atoms with Crippen molar-refractivity contribution in [2.24, 2.45) is 0 Å². The molecule has 0 spiro atoms. The highest BCUT2D eigenvalue weighted by molar-refractivity contribution is 7.99. The monoisotopic (exact) mass is 460 g/mol. The Morgan fingerprint density at radius 3 is 1.85 bits per heavy atom. The van der Waals surface area contributed by atoms with Crippen molar-refractivity contribution in [2.45, 2.75) is 44.6 Å². The van der Waals surface area contributed by atoms with Crippen LogP contribution in [0.5, 0.6) is 0 Å². The maximum Gasteiger partial charge on any atom is 0.243 e. The Balaban J connectivity index is 1.82. The van der Waals surface area contributed by atoms with Gasteiger partial charge in [0.05, 0.1) is 5.75 Å². The minimum atomic E-state index is -0.583. The lowest BCUT2D eigenvalue weighted by Gasteiger charge is -2.32. The van der Waals surface area contributed by atoms with Crippen molar-refractivity contribution in [3.8, 4) is 0 Å². The molecule has 0 radical (unpaired) electrons. The maximum absolute atomic E-state index is 13.5. The summed E-state index contributed by atoms with van der Waals surface area (Å²) in [6.45, 7) is 4.28. The molecule has 1 atom stereocenters. The van der Waals surface area contributed by atoms with E-state index in [1.807, 2.05) is 92.7 Å². The molecule has 3 aromatic rings. The van der Waals surface area contributed by atoms with E-state index in [0.29, 0.717) is 18.7 Å². The first-order valence-electron chi connectivity index (χ1n) is 11.3. The smallest absolute Gasteiger partial charge is 0.243 e. The van der Waals surface area contributed by atoms with Crippen LogP contribution in [0.25, 0.3) is 0 Å². The molecule has 1 N–H and O–H groups in total. The highest BCUT2D eigenvalue weighted by Crippen LogP contribution is 2.18. The molecule has 0 aromatic heterocycles. The van der Waals surface area contributed by atoms with Gasteiger partial charge >= 0.3 is 0 Å². The Kier molecular flexibility index (Phi) is 9.58. The summed E-state index contributed by atoms with van der Waals surface area (Å²) in [6.07, 6.45) is 0.474. The number of carbonyl (C=O) groups excluding carboxylic acids is 2. The number of nitrogens with zero attached hydrogens (tertiary/aromatic N) is 1. The van der Waals surface area contributed by atoms with Crippen LogP contribution in [0.2, 0.25) is 0 Å². The molecule has 0 saturated carbocycles. The lowest BCUT2D eigenvalue weighted by molar-refractivity contribution is -0.139. The van der Waals surface area contributed by atoms with Crippen LogP contribution in [0, 0.1) is 0 Å². The molecule has 4 nitrogen and oxygen atoms in total. The van der Waals surface area contributed by atoms with Crippen LogP contribution in [-0.2, 0) is 28.3 Å². The Labute approximate surface area is 201 Å². The number of hydrogen-bond acceptors (Lipinski definition) is 3. The molecule has 5 heteroatoms. The number of amides is 2. The Morgan fingerprint density at radius 1 is 0.788 bits per heavy atom. The topological polar surface area (TPSA) is 49.4 Å². The van der Waals surface area contributed by atoms with Gasteiger partial charge in [0.25, 0.3) is 0 Å². The first-order valence-corrected chi connectivity index (χ1v) is 12.5. The number of hydrogen-bond donors (Lipinski definition) is 1. The van der Waals surface area contributed by atoms with Crippen molar-refractivity contribution >= 4 is 23.6 Å². The van der Waals surface area contributed by atoms with Crippen LogP contribution >= 0.6 is 11.8 Å². The van der Waals surface area contributed by atoms with Crippen LogP contribution in [0.3, 0.4) is 0 Å². The van der Waals surface area contributed by atoms with Crippen molar-refractivity contribution in [1.82, 2.24) is 10.2 Å². The van der Waals surface area contributed by atoms with Gasteiger partial charge in [-0.2, -0.15) is 0 Å². The molecular weight excluding hydrogens is 428 g/mol. The summed E-state index contributed by atoms with van der Waals surface area (Å²) < 4.78 is 0. The third-order valence-electron chi connectivity index (χ3n) is 5.23. The van der Waals surface area contributed by atoms with Crippen molar-refractivity contribution in [1.29, 1.82) is 0 Å². The predicted octanol–water partition coefficient (Wildman–Crippen LogP) is 5.08. The average Bonchev–Trinajstić information content (AvgIpc) is 2.83. The molecule has 0 aliphatic heterocycles. The number of nitrogens with one attached hydrogen (secondary N) is 1. The third-order valence-corrected chi connectivity index (χ3v) is 6.22. The zero-order valence-electron chi connectivity index (χ0n) is 19.3. The van der Waals surface area contributed by atoms with Gasteiger partial charge < -0.3 is 10.2 Å². The minimum absolute atomic E-state index is 0.00286. The summed E-state index contributed by atoms with van der Waals surface area (Å²) in [5.41, 5.74) is 3.22. The molecule has 33 heavy (non-hydrogen) atoms. The summed E-state index contributed by atoms with van der Waals surface area (Å²) >= 11 is 1.58. The van der Waals surface area contributed by atoms with Crippen LogP contribution in [-0.4, -0.2) is 34.6 Å². The van der Waals surface area contributed by atoms with Crippen LogP contribution in [0.1, 0.15) is 30.5 Å². The first-order chi connectivity index (χ1) is 16.0. The summed E-state index contributed by atoms with van der Waals surface area (Å²) in [5.74, 6) is 0.931. The number of carbonyl (C=O) groups is 2. The molecule has 1 unspecified atom stereocenters. The summed E-state index contributed by atoms with van der Waals surface area (Å²) in [6, 6.07) is 29.3. The SMILES string of the molecule is CC(C)NC(=O)C(Cc1ccccc1)N(Cc1ccccc1)C(=O)CSCc1ccccc1. The van der Waals surface area contributed by atoms with Crippen molar-refractivity contribution in [3.63, 3.8) is 0 Å². The molecular formula is C28H32N2O2S. The first kappa shape index (κ1) is 24.6. The molecule has 3 aromatic carbocycles. The molecule has 0 heterocycles. The second-order valence-electron chi connectivity index (χ2n) is 8.35. The van der Waals surface area contributed by atoms with E-state index < -0.39 is 6.04 Å². The van der Waals surface area contributed by atoms with Crippen molar-refractivity contribution in [2.75, 3.05) is 5.75 Å². The standard InChI is InChI=1S/C28H32N2O2S/c1-22(2)29-28(32)26(18-23-12-6-3-7-13-23)30(19-24-14-8-4-9-15-24)27(31)21-33-20-25-16-10-5-11-17-25/h3-17,22,26H,18-21H2,1-2H3,(H,29,32). The normalized spacial score (nSPS) is 11.7. The summed E-state index contributed by atoms with van der Waals surface area (Å²) in [5, 5.41) is 3.03. The molecule has 172 valence electrons. The highest BCUT2D eigenvalue weighted by atomic mass is 32.2. The largest absolute Gasteiger partial charge is 0.352 e. The lowest BCUT2D eigenvalue weighted by Crippen LogP contribution is -2.52. The van der Waals surface area contributed by atoms with E-state index in [-0.39, 0.29) is 17.9 Å². The summed E-state index contributed by atoms with van der Waals surface area (Å²) in [4.78, 5) is 28.5. The van der Waals surface area contributed by atoms with Gasteiger partial charge in [-0.25, -0.2) is 0 Å². The molecule has 0 bridgehead atoms. The fourth-order valence-corrected chi connectivity index (χ4v) is 4.50. The Bertz CT molecular complexity index is 994. The minimum Gasteiger partial charge on any atom is -0.352 e. The number of thioether (sulfide) groups is 1. The molecule has 0 aliphatic carbocycles. The Morgan fingerprint density at radius 2 is 1.30 bits per heavy atom. The molecule has 3 rings (SSSR count). The van der Waals surface area contributed by atoms with Crippen LogP contribution in [0.15, 0.2) is 91.0 Å². The number of benzene rings is 3. The van der Waals surface area contributed by atoms with Crippen LogP contribution in [0.4, 0.5) is 0 Å². The Hall–Kier alpha value is -3.05. The quantitative estimate of drug-likeness (QED) is 0.434. The summed E-state index contributed by atoms with van der Waals surface area (Å²) in [7, 11) is 0. The maximum atomic E-state index is 13.5. The van der Waals surface area contributed by atoms with Gasteiger partial charge in [-0.05, 0) is 30.5 Å². The van der Waals surface area contributed by atoms with Crippen molar-refractivity contribution in [3.05, 3.63) is 108 Å². The fraction of sp³-hybridized carbons (Fsp3) is 0.286. The van der Waals surface area contributed by atoms with Crippen molar-refractivity contribution < 1.29 is 9.59 Å². The highest BCUT2D eigenvalue weighted by Gasteiger charge is 2.30. The van der Waals surface area contributed by atoms with E-state index in [1.54, 1.807) is 16.7 Å². The van der Waals surface area contributed by atoms with E-state index in [2.05, 4.69) is 17.4 Å². The van der Waals surface area contributed by atoms with Gasteiger partial charge in [-0.3, -0.25) is 9.59 Å². The van der Waals surface area contributed by atoms with E-state index in [4.69, 9.17) is 0 Å². The van der Waals surface area contributed by atoms with Gasteiger partial charge in [-0.1, -0.05) is 91.0 Å². The van der Waals surface area contributed by atoms with Gasteiger partial charge in [0, 0.05) is 24.8 Å². The van der Waals surface area contributed by atoms with Gasteiger partial charge in [0.1, 0.15) is 6.04 Å².